The number of aromatic nitrogens is 2. The molecule has 6 heteroatoms. The van der Waals surface area contributed by atoms with Gasteiger partial charge in [-0.1, -0.05) is 0 Å². The van der Waals surface area contributed by atoms with Crippen molar-refractivity contribution in [3.63, 3.8) is 0 Å². The molecule has 0 fully saturated rings. The van der Waals surface area contributed by atoms with Crippen molar-refractivity contribution in [3.8, 4) is 23.0 Å². The highest BCUT2D eigenvalue weighted by molar-refractivity contribution is 7.80. The van der Waals surface area contributed by atoms with Crippen molar-refractivity contribution in [2.24, 2.45) is 0 Å². The van der Waals surface area contributed by atoms with E-state index in [2.05, 4.69) is 22.8 Å². The van der Waals surface area contributed by atoms with E-state index in [1.54, 1.807) is 26.4 Å². The summed E-state index contributed by atoms with van der Waals surface area (Å²) in [4.78, 5) is 0. The maximum absolute atomic E-state index is 5.52. The van der Waals surface area contributed by atoms with Gasteiger partial charge in [-0.15, -0.1) is 10.2 Å². The van der Waals surface area contributed by atoms with E-state index in [0.29, 0.717) is 35.5 Å². The standard InChI is InChI=1S/C12H14N2O3S/c1-15-9-4-3-8(7-10(9)16-2)12-14-13-11(17-12)5-6-18/h3-4,7,18H,5-6H2,1-2H3. The molecule has 2 aromatic rings. The minimum absolute atomic E-state index is 0.465. The van der Waals surface area contributed by atoms with Crippen LogP contribution in [-0.4, -0.2) is 30.2 Å². The van der Waals surface area contributed by atoms with Gasteiger partial charge in [0.2, 0.25) is 11.8 Å². The van der Waals surface area contributed by atoms with Gasteiger partial charge < -0.3 is 13.9 Å². The Kier molecular flexibility index (Phi) is 4.09. The van der Waals surface area contributed by atoms with Crippen LogP contribution in [-0.2, 0) is 6.42 Å². The minimum Gasteiger partial charge on any atom is -0.493 e. The summed E-state index contributed by atoms with van der Waals surface area (Å²) in [6.45, 7) is 0. The molecule has 0 amide bonds. The highest BCUT2D eigenvalue weighted by Crippen LogP contribution is 2.31. The van der Waals surface area contributed by atoms with Crippen LogP contribution in [0.3, 0.4) is 0 Å². The van der Waals surface area contributed by atoms with Crippen molar-refractivity contribution in [1.82, 2.24) is 10.2 Å². The fourth-order valence-corrected chi connectivity index (χ4v) is 1.73. The second-order valence-electron chi connectivity index (χ2n) is 3.54. The zero-order chi connectivity index (χ0) is 13.0. The van der Waals surface area contributed by atoms with Crippen LogP contribution in [0.1, 0.15) is 5.89 Å². The molecule has 1 aromatic heterocycles. The van der Waals surface area contributed by atoms with Crippen LogP contribution in [0.15, 0.2) is 22.6 Å². The first kappa shape index (κ1) is 12.8. The predicted octanol–water partition coefficient (Wildman–Crippen LogP) is 2.23. The Morgan fingerprint density at radius 1 is 1.17 bits per heavy atom. The van der Waals surface area contributed by atoms with Crippen LogP contribution in [0, 0.1) is 0 Å². The van der Waals surface area contributed by atoms with E-state index < -0.39 is 0 Å². The lowest BCUT2D eigenvalue weighted by Crippen LogP contribution is -1.90. The van der Waals surface area contributed by atoms with E-state index in [-0.39, 0.29) is 0 Å². The first-order valence-corrected chi connectivity index (χ1v) is 6.07. The summed E-state index contributed by atoms with van der Waals surface area (Å²) in [5, 5.41) is 7.93. The third kappa shape index (κ3) is 2.59. The summed E-state index contributed by atoms with van der Waals surface area (Å²) < 4.78 is 15.9. The van der Waals surface area contributed by atoms with Crippen LogP contribution in [0.25, 0.3) is 11.5 Å². The molecule has 0 spiro atoms. The van der Waals surface area contributed by atoms with Crippen LogP contribution >= 0.6 is 12.6 Å². The summed E-state index contributed by atoms with van der Waals surface area (Å²) >= 11 is 4.12. The molecule has 0 N–H and O–H groups in total. The lowest BCUT2D eigenvalue weighted by atomic mass is 10.2. The average molecular weight is 266 g/mol. The van der Waals surface area contributed by atoms with Gasteiger partial charge in [0, 0.05) is 12.0 Å². The Labute approximate surface area is 111 Å². The quantitative estimate of drug-likeness (QED) is 0.841. The highest BCUT2D eigenvalue weighted by atomic mass is 32.1. The first-order chi connectivity index (χ1) is 8.78. The van der Waals surface area contributed by atoms with Gasteiger partial charge in [-0.3, -0.25) is 0 Å². The van der Waals surface area contributed by atoms with Gasteiger partial charge in [-0.25, -0.2) is 0 Å². The molecule has 96 valence electrons. The third-order valence-electron chi connectivity index (χ3n) is 2.42. The van der Waals surface area contributed by atoms with Crippen LogP contribution < -0.4 is 9.47 Å². The lowest BCUT2D eigenvalue weighted by Gasteiger charge is -2.07. The molecule has 0 saturated heterocycles. The van der Waals surface area contributed by atoms with Crippen molar-refractivity contribution >= 4 is 12.6 Å². The summed E-state index contributed by atoms with van der Waals surface area (Å²) in [6.07, 6.45) is 0.656. The molecule has 0 atom stereocenters. The van der Waals surface area contributed by atoms with Crippen LogP contribution in [0.4, 0.5) is 0 Å². The molecule has 0 aliphatic heterocycles. The zero-order valence-electron chi connectivity index (χ0n) is 10.2. The fourth-order valence-electron chi connectivity index (χ4n) is 1.54. The number of hydrogen-bond donors (Lipinski definition) is 1. The SMILES string of the molecule is COc1ccc(-c2nnc(CCS)o2)cc1OC. The lowest BCUT2D eigenvalue weighted by molar-refractivity contribution is 0.355. The van der Waals surface area contributed by atoms with E-state index >= 15 is 0 Å². The van der Waals surface area contributed by atoms with E-state index in [4.69, 9.17) is 13.9 Å². The molecule has 18 heavy (non-hydrogen) atoms. The molecule has 0 bridgehead atoms. The topological polar surface area (TPSA) is 57.4 Å². The minimum atomic E-state index is 0.465. The Hall–Kier alpha value is -1.69. The normalized spacial score (nSPS) is 10.4. The van der Waals surface area contributed by atoms with Crippen molar-refractivity contribution in [2.75, 3.05) is 20.0 Å². The Balaban J connectivity index is 2.31. The smallest absolute Gasteiger partial charge is 0.247 e. The summed E-state index contributed by atoms with van der Waals surface area (Å²) in [5.41, 5.74) is 0.797. The Bertz CT molecular complexity index is 528. The maximum Gasteiger partial charge on any atom is 0.247 e. The highest BCUT2D eigenvalue weighted by Gasteiger charge is 2.11. The molecule has 1 aromatic carbocycles. The molecule has 0 aliphatic carbocycles. The van der Waals surface area contributed by atoms with Crippen molar-refractivity contribution in [2.45, 2.75) is 6.42 Å². The second kappa shape index (κ2) is 5.77. The summed E-state index contributed by atoms with van der Waals surface area (Å²) in [6, 6.07) is 5.45. The van der Waals surface area contributed by atoms with E-state index in [1.165, 1.54) is 0 Å². The van der Waals surface area contributed by atoms with Gasteiger partial charge in [0.05, 0.1) is 14.2 Å². The monoisotopic (exact) mass is 266 g/mol. The number of rotatable bonds is 5. The van der Waals surface area contributed by atoms with E-state index in [9.17, 15) is 0 Å². The van der Waals surface area contributed by atoms with Crippen molar-refractivity contribution < 1.29 is 13.9 Å². The average Bonchev–Trinajstić information content (AvgIpc) is 2.87. The summed E-state index contributed by atoms with van der Waals surface area (Å²) in [7, 11) is 3.18. The van der Waals surface area contributed by atoms with Gasteiger partial charge in [-0.2, -0.15) is 12.6 Å². The van der Waals surface area contributed by atoms with Gasteiger partial charge in [-0.05, 0) is 24.0 Å². The zero-order valence-corrected chi connectivity index (χ0v) is 11.1. The van der Waals surface area contributed by atoms with E-state index in [0.717, 1.165) is 5.56 Å². The first-order valence-electron chi connectivity index (χ1n) is 5.44. The van der Waals surface area contributed by atoms with Gasteiger partial charge in [0.15, 0.2) is 11.5 Å². The van der Waals surface area contributed by atoms with Crippen molar-refractivity contribution in [3.05, 3.63) is 24.1 Å². The fraction of sp³-hybridized carbons (Fsp3) is 0.333. The van der Waals surface area contributed by atoms with Crippen LogP contribution in [0.2, 0.25) is 0 Å². The number of thiol groups is 1. The Morgan fingerprint density at radius 2 is 1.94 bits per heavy atom. The van der Waals surface area contributed by atoms with E-state index in [1.807, 2.05) is 6.07 Å². The number of methoxy groups -OCH3 is 2. The predicted molar refractivity (Wildman–Crippen MR) is 70.4 cm³/mol. The number of ether oxygens (including phenoxy) is 2. The molecule has 5 nitrogen and oxygen atoms in total. The molecule has 2 rings (SSSR count). The van der Waals surface area contributed by atoms with Crippen molar-refractivity contribution in [1.29, 1.82) is 0 Å². The molecular formula is C12H14N2O3S. The molecule has 0 radical (unpaired) electrons. The Morgan fingerprint density at radius 3 is 2.61 bits per heavy atom. The number of hydrogen-bond acceptors (Lipinski definition) is 6. The molecule has 0 saturated carbocycles. The number of aryl methyl sites for hydroxylation is 1. The number of nitrogens with zero attached hydrogens (tertiary/aromatic N) is 2. The van der Waals surface area contributed by atoms with Crippen LogP contribution in [0.5, 0.6) is 11.5 Å². The molecule has 0 unspecified atom stereocenters. The summed E-state index contributed by atoms with van der Waals surface area (Å²) in [5.74, 6) is 3.01. The van der Waals surface area contributed by atoms with Gasteiger partial charge in [0.1, 0.15) is 0 Å². The third-order valence-corrected chi connectivity index (χ3v) is 2.65. The molecule has 1 heterocycles. The second-order valence-corrected chi connectivity index (χ2v) is 3.99. The number of benzene rings is 1. The maximum atomic E-state index is 5.52. The molecular weight excluding hydrogens is 252 g/mol. The van der Waals surface area contributed by atoms with Gasteiger partial charge >= 0.3 is 0 Å². The van der Waals surface area contributed by atoms with Gasteiger partial charge in [0.25, 0.3) is 0 Å². The molecule has 0 aliphatic rings. The largest absolute Gasteiger partial charge is 0.493 e.